The molecule has 3 rings (SSSR count). The second-order valence-electron chi connectivity index (χ2n) is 9.45. The van der Waals surface area contributed by atoms with Crippen molar-refractivity contribution in [2.45, 2.75) is 89.9 Å². The second kappa shape index (κ2) is 3.90. The molecular weight excluding hydrogens is 240 g/mol. The van der Waals surface area contributed by atoms with Crippen LogP contribution in [0.15, 0.2) is 12.1 Å². The molecule has 2 unspecified atom stereocenters. The van der Waals surface area contributed by atoms with Gasteiger partial charge in [0, 0.05) is 0 Å². The molecule has 0 radical (unpaired) electrons. The van der Waals surface area contributed by atoms with Crippen LogP contribution >= 0.6 is 0 Å². The van der Waals surface area contributed by atoms with E-state index in [9.17, 15) is 0 Å². The highest BCUT2D eigenvalue weighted by Crippen LogP contribution is 2.60. The van der Waals surface area contributed by atoms with Crippen LogP contribution in [0, 0.1) is 0 Å². The topological polar surface area (TPSA) is 0 Å². The summed E-state index contributed by atoms with van der Waals surface area (Å²) in [5.41, 5.74) is 7.64. The van der Waals surface area contributed by atoms with Crippen molar-refractivity contribution in [3.05, 3.63) is 34.4 Å². The summed E-state index contributed by atoms with van der Waals surface area (Å²) >= 11 is 0. The van der Waals surface area contributed by atoms with Gasteiger partial charge in [-0.05, 0) is 63.7 Å². The van der Waals surface area contributed by atoms with Crippen LogP contribution in [-0.2, 0) is 16.2 Å². The third-order valence-electron chi connectivity index (χ3n) is 5.61. The van der Waals surface area contributed by atoms with Crippen LogP contribution in [0.5, 0.6) is 0 Å². The van der Waals surface area contributed by atoms with E-state index in [1.54, 1.807) is 22.3 Å². The Kier molecular flexibility index (Phi) is 2.76. The zero-order chi connectivity index (χ0) is 14.9. The van der Waals surface area contributed by atoms with Gasteiger partial charge in [0.25, 0.3) is 0 Å². The average molecular weight is 270 g/mol. The number of benzene rings is 1. The largest absolute Gasteiger partial charge is 0.0579 e. The molecule has 0 saturated heterocycles. The highest BCUT2D eigenvalue weighted by atomic mass is 14.5. The molecule has 20 heavy (non-hydrogen) atoms. The minimum Gasteiger partial charge on any atom is -0.0579 e. The van der Waals surface area contributed by atoms with Gasteiger partial charge in [0.15, 0.2) is 0 Å². The fourth-order valence-electron chi connectivity index (χ4n) is 4.69. The molecule has 0 amide bonds. The predicted octanol–water partition coefficient (Wildman–Crippen LogP) is 5.82. The molecular formula is C20H30. The first-order valence-electron chi connectivity index (χ1n) is 8.22. The highest BCUT2D eigenvalue weighted by Gasteiger charge is 2.49. The average Bonchev–Trinajstić information content (AvgIpc) is 2.80. The van der Waals surface area contributed by atoms with Crippen LogP contribution < -0.4 is 0 Å². The van der Waals surface area contributed by atoms with Crippen LogP contribution in [0.4, 0.5) is 0 Å². The van der Waals surface area contributed by atoms with Crippen molar-refractivity contribution in [1.82, 2.24) is 0 Å². The Hall–Kier alpha value is -0.780. The van der Waals surface area contributed by atoms with Crippen LogP contribution in [0.3, 0.4) is 0 Å². The predicted molar refractivity (Wildman–Crippen MR) is 87.8 cm³/mol. The standard InChI is InChI=1S/C20H30/c1-18(2,3)14-8-9-15(19(4,5)6)17-16(14)13-10-11-20(17,7)12-13/h8-9,13H,10-12H2,1-7H3. The molecule has 1 aromatic carbocycles. The number of hydrogen-bond acceptors (Lipinski definition) is 0. The van der Waals surface area contributed by atoms with Gasteiger partial charge in [-0.1, -0.05) is 60.6 Å². The van der Waals surface area contributed by atoms with Crippen LogP contribution in [-0.4, -0.2) is 0 Å². The normalized spacial score (nSPS) is 28.9. The Morgan fingerprint density at radius 1 is 0.950 bits per heavy atom. The van der Waals surface area contributed by atoms with Gasteiger partial charge < -0.3 is 0 Å². The number of hydrogen-bond donors (Lipinski definition) is 0. The molecule has 1 aromatic rings. The first-order chi connectivity index (χ1) is 9.04. The Balaban J connectivity index is 2.32. The van der Waals surface area contributed by atoms with Crippen molar-refractivity contribution in [3.8, 4) is 0 Å². The van der Waals surface area contributed by atoms with Crippen molar-refractivity contribution in [1.29, 1.82) is 0 Å². The minimum atomic E-state index is 0.258. The van der Waals surface area contributed by atoms with Gasteiger partial charge in [-0.15, -0.1) is 0 Å². The molecule has 0 spiro atoms. The van der Waals surface area contributed by atoms with Crippen LogP contribution in [0.25, 0.3) is 0 Å². The van der Waals surface area contributed by atoms with E-state index in [4.69, 9.17) is 0 Å². The molecule has 1 fully saturated rings. The first-order valence-corrected chi connectivity index (χ1v) is 8.22. The summed E-state index contributed by atoms with van der Waals surface area (Å²) in [6.07, 6.45) is 4.18. The Bertz CT molecular complexity index is 551. The Morgan fingerprint density at radius 3 is 2.05 bits per heavy atom. The maximum atomic E-state index is 2.51. The molecule has 0 aliphatic heterocycles. The van der Waals surface area contributed by atoms with Gasteiger partial charge in [0.1, 0.15) is 0 Å². The molecule has 110 valence electrons. The molecule has 2 atom stereocenters. The quantitative estimate of drug-likeness (QED) is 0.557. The van der Waals surface area contributed by atoms with Crippen molar-refractivity contribution in [3.63, 3.8) is 0 Å². The third kappa shape index (κ3) is 1.87. The molecule has 0 N–H and O–H groups in total. The lowest BCUT2D eigenvalue weighted by Gasteiger charge is -2.36. The summed E-state index contributed by atoms with van der Waals surface area (Å²) in [6, 6.07) is 4.87. The molecule has 2 bridgehead atoms. The van der Waals surface area contributed by atoms with Gasteiger partial charge >= 0.3 is 0 Å². The summed E-state index contributed by atoms with van der Waals surface area (Å²) in [5.74, 6) is 0.825. The van der Waals surface area contributed by atoms with Crippen molar-refractivity contribution in [2.75, 3.05) is 0 Å². The van der Waals surface area contributed by atoms with Crippen molar-refractivity contribution >= 4 is 0 Å². The summed E-state index contributed by atoms with van der Waals surface area (Å²) in [5, 5.41) is 0. The van der Waals surface area contributed by atoms with E-state index in [1.807, 2.05) is 0 Å². The van der Waals surface area contributed by atoms with Crippen molar-refractivity contribution < 1.29 is 0 Å². The smallest absolute Gasteiger partial charge is 0.00634 e. The van der Waals surface area contributed by atoms with Gasteiger partial charge in [-0.3, -0.25) is 0 Å². The second-order valence-corrected chi connectivity index (χ2v) is 9.45. The van der Waals surface area contributed by atoms with Crippen molar-refractivity contribution in [2.24, 2.45) is 0 Å². The minimum absolute atomic E-state index is 0.258. The molecule has 0 heterocycles. The van der Waals surface area contributed by atoms with E-state index in [1.165, 1.54) is 19.3 Å². The molecule has 2 aliphatic rings. The van der Waals surface area contributed by atoms with E-state index in [0.717, 1.165) is 5.92 Å². The summed E-state index contributed by atoms with van der Waals surface area (Å²) in [6.45, 7) is 16.7. The van der Waals surface area contributed by atoms with E-state index in [-0.39, 0.29) is 10.8 Å². The maximum Gasteiger partial charge on any atom is -0.00634 e. The van der Waals surface area contributed by atoms with E-state index >= 15 is 0 Å². The van der Waals surface area contributed by atoms with Gasteiger partial charge in [0.05, 0.1) is 0 Å². The fourth-order valence-corrected chi connectivity index (χ4v) is 4.69. The van der Waals surface area contributed by atoms with Crippen LogP contribution in [0.1, 0.15) is 95.9 Å². The lowest BCUT2D eigenvalue weighted by molar-refractivity contribution is 0.477. The number of fused-ring (bicyclic) bond motifs is 5. The van der Waals surface area contributed by atoms with E-state index < -0.39 is 0 Å². The molecule has 0 aromatic heterocycles. The van der Waals surface area contributed by atoms with Gasteiger partial charge in [0.2, 0.25) is 0 Å². The van der Waals surface area contributed by atoms with Crippen LogP contribution in [0.2, 0.25) is 0 Å². The highest BCUT2D eigenvalue weighted by molar-refractivity contribution is 5.57. The summed E-state index contributed by atoms with van der Waals surface area (Å²) < 4.78 is 0. The number of rotatable bonds is 0. The van der Waals surface area contributed by atoms with Gasteiger partial charge in [-0.2, -0.15) is 0 Å². The summed E-state index contributed by atoms with van der Waals surface area (Å²) in [7, 11) is 0. The monoisotopic (exact) mass is 270 g/mol. The Morgan fingerprint density at radius 2 is 1.50 bits per heavy atom. The molecule has 0 nitrogen and oxygen atoms in total. The molecule has 0 heteroatoms. The fraction of sp³-hybridized carbons (Fsp3) is 0.700. The lowest BCUT2D eigenvalue weighted by Crippen LogP contribution is -2.26. The summed E-state index contributed by atoms with van der Waals surface area (Å²) in [4.78, 5) is 0. The Labute approximate surface area is 125 Å². The molecule has 1 saturated carbocycles. The van der Waals surface area contributed by atoms with Gasteiger partial charge in [-0.25, -0.2) is 0 Å². The lowest BCUT2D eigenvalue weighted by atomic mass is 9.69. The van der Waals surface area contributed by atoms with E-state index in [0.29, 0.717) is 5.41 Å². The first kappa shape index (κ1) is 14.2. The SMILES string of the molecule is CC(C)(C)c1ccc(C(C)(C)C)c2c1C1CCC2(C)C1. The van der Waals surface area contributed by atoms with E-state index in [2.05, 4.69) is 60.6 Å². The maximum absolute atomic E-state index is 2.51. The third-order valence-corrected chi connectivity index (χ3v) is 5.61. The zero-order valence-corrected chi connectivity index (χ0v) is 14.4. The zero-order valence-electron chi connectivity index (χ0n) is 14.4. The molecule has 2 aliphatic carbocycles.